The molecule has 0 spiro atoms. The van der Waals surface area contributed by atoms with Crippen LogP contribution >= 0.6 is 11.3 Å². The third kappa shape index (κ3) is 3.38. The van der Waals surface area contributed by atoms with Gasteiger partial charge in [-0.2, -0.15) is 0 Å². The molecular formula is C14H15FN2OS. The van der Waals surface area contributed by atoms with Gasteiger partial charge < -0.3 is 5.32 Å². The van der Waals surface area contributed by atoms with Crippen LogP contribution in [-0.2, 0) is 6.42 Å². The monoisotopic (exact) mass is 278 g/mol. The lowest BCUT2D eigenvalue weighted by atomic mass is 10.2. The molecule has 0 fully saturated rings. The van der Waals surface area contributed by atoms with Crippen molar-refractivity contribution < 1.29 is 9.18 Å². The summed E-state index contributed by atoms with van der Waals surface area (Å²) in [5, 5.41) is 3.74. The number of aromatic nitrogens is 1. The first kappa shape index (κ1) is 13.7. The number of rotatable bonds is 4. The number of benzene rings is 1. The largest absolute Gasteiger partial charge is 0.343 e. The number of aryl methyl sites for hydroxylation is 1. The van der Waals surface area contributed by atoms with E-state index >= 15 is 0 Å². The van der Waals surface area contributed by atoms with E-state index in [1.165, 1.54) is 29.1 Å². The average molecular weight is 278 g/mol. The van der Waals surface area contributed by atoms with Crippen molar-refractivity contribution in [1.29, 1.82) is 0 Å². The number of halogens is 1. The summed E-state index contributed by atoms with van der Waals surface area (Å²) >= 11 is 1.59. The van der Waals surface area contributed by atoms with Crippen molar-refractivity contribution >= 4 is 17.2 Å². The Hall–Kier alpha value is -1.75. The lowest BCUT2D eigenvalue weighted by Crippen LogP contribution is -2.26. The summed E-state index contributed by atoms with van der Waals surface area (Å²) in [4.78, 5) is 17.4. The highest BCUT2D eigenvalue weighted by atomic mass is 32.1. The van der Waals surface area contributed by atoms with Crippen molar-refractivity contribution in [3.05, 3.63) is 51.7 Å². The van der Waals surface area contributed by atoms with Gasteiger partial charge in [0.05, 0.1) is 6.04 Å². The molecule has 19 heavy (non-hydrogen) atoms. The second kappa shape index (κ2) is 5.93. The van der Waals surface area contributed by atoms with Crippen molar-refractivity contribution in [3.63, 3.8) is 0 Å². The molecule has 1 atom stereocenters. The predicted molar refractivity (Wildman–Crippen MR) is 73.8 cm³/mol. The molecule has 0 saturated heterocycles. The summed E-state index contributed by atoms with van der Waals surface area (Å²) in [6.07, 6.45) is 2.77. The van der Waals surface area contributed by atoms with Crippen LogP contribution in [0.4, 0.5) is 4.39 Å². The molecule has 0 aliphatic rings. The van der Waals surface area contributed by atoms with E-state index in [4.69, 9.17) is 0 Å². The van der Waals surface area contributed by atoms with Crippen LogP contribution in [0.5, 0.6) is 0 Å². The molecule has 1 aromatic carbocycles. The SMILES string of the molecule is CCc1cnc(C(C)NC(=O)c2ccc(F)cc2)s1. The van der Waals surface area contributed by atoms with Crippen LogP contribution in [0.3, 0.4) is 0 Å². The van der Waals surface area contributed by atoms with Crippen LogP contribution in [0.1, 0.15) is 40.1 Å². The van der Waals surface area contributed by atoms with Gasteiger partial charge in [-0.15, -0.1) is 11.3 Å². The van der Waals surface area contributed by atoms with Crippen molar-refractivity contribution in [2.45, 2.75) is 26.3 Å². The fourth-order valence-corrected chi connectivity index (χ4v) is 2.49. The van der Waals surface area contributed by atoms with Crippen molar-refractivity contribution in [3.8, 4) is 0 Å². The molecule has 2 rings (SSSR count). The Labute approximate surface area is 115 Å². The molecule has 1 N–H and O–H groups in total. The molecule has 1 amide bonds. The topological polar surface area (TPSA) is 42.0 Å². The third-order valence-electron chi connectivity index (χ3n) is 2.74. The molecule has 1 aromatic heterocycles. The number of thiazole rings is 1. The highest BCUT2D eigenvalue weighted by Gasteiger charge is 2.14. The summed E-state index contributed by atoms with van der Waals surface area (Å²) in [7, 11) is 0. The van der Waals surface area contributed by atoms with E-state index in [0.29, 0.717) is 5.56 Å². The number of amides is 1. The molecule has 0 aliphatic carbocycles. The molecule has 1 heterocycles. The second-order valence-electron chi connectivity index (χ2n) is 4.22. The summed E-state index contributed by atoms with van der Waals surface area (Å²) in [6, 6.07) is 5.34. The maximum absolute atomic E-state index is 12.8. The average Bonchev–Trinajstić information content (AvgIpc) is 2.88. The molecular weight excluding hydrogens is 263 g/mol. The quantitative estimate of drug-likeness (QED) is 0.932. The molecule has 0 bridgehead atoms. The Morgan fingerprint density at radius 1 is 1.42 bits per heavy atom. The van der Waals surface area contributed by atoms with Crippen LogP contribution in [0.15, 0.2) is 30.5 Å². The molecule has 1 unspecified atom stereocenters. The van der Waals surface area contributed by atoms with Gasteiger partial charge in [-0.25, -0.2) is 9.37 Å². The molecule has 0 saturated carbocycles. The molecule has 0 aliphatic heterocycles. The number of hydrogen-bond donors (Lipinski definition) is 1. The van der Waals surface area contributed by atoms with E-state index < -0.39 is 0 Å². The van der Waals surface area contributed by atoms with E-state index in [-0.39, 0.29) is 17.8 Å². The van der Waals surface area contributed by atoms with Gasteiger partial charge in [0.2, 0.25) is 0 Å². The first-order valence-electron chi connectivity index (χ1n) is 6.11. The maximum atomic E-state index is 12.8. The number of carbonyl (C=O) groups excluding carboxylic acids is 1. The number of nitrogens with one attached hydrogen (secondary N) is 1. The Bertz CT molecular complexity index is 565. The zero-order valence-electron chi connectivity index (χ0n) is 10.8. The molecule has 5 heteroatoms. The molecule has 2 aromatic rings. The van der Waals surface area contributed by atoms with E-state index in [1.807, 2.05) is 13.1 Å². The van der Waals surface area contributed by atoms with Gasteiger partial charge >= 0.3 is 0 Å². The van der Waals surface area contributed by atoms with Crippen molar-refractivity contribution in [2.75, 3.05) is 0 Å². The fraction of sp³-hybridized carbons (Fsp3) is 0.286. The zero-order valence-corrected chi connectivity index (χ0v) is 11.6. The standard InChI is InChI=1S/C14H15FN2OS/c1-3-12-8-16-14(19-12)9(2)17-13(18)10-4-6-11(15)7-5-10/h4-9H,3H2,1-2H3,(H,17,18). The van der Waals surface area contributed by atoms with Crippen LogP contribution in [0.25, 0.3) is 0 Å². The number of hydrogen-bond acceptors (Lipinski definition) is 3. The fourth-order valence-electron chi connectivity index (χ4n) is 1.63. The van der Waals surface area contributed by atoms with Crippen molar-refractivity contribution in [1.82, 2.24) is 10.3 Å². The Morgan fingerprint density at radius 3 is 2.68 bits per heavy atom. The Kier molecular flexibility index (Phi) is 4.27. The van der Waals surface area contributed by atoms with Gasteiger partial charge in [-0.05, 0) is 37.6 Å². The van der Waals surface area contributed by atoms with Crippen LogP contribution in [-0.4, -0.2) is 10.9 Å². The van der Waals surface area contributed by atoms with Gasteiger partial charge in [0, 0.05) is 16.6 Å². The minimum absolute atomic E-state index is 0.150. The van der Waals surface area contributed by atoms with E-state index in [9.17, 15) is 9.18 Å². The summed E-state index contributed by atoms with van der Waals surface area (Å²) in [6.45, 7) is 3.96. The van der Waals surface area contributed by atoms with Gasteiger partial charge in [-0.1, -0.05) is 6.92 Å². The minimum Gasteiger partial charge on any atom is -0.343 e. The Balaban J connectivity index is 2.04. The lowest BCUT2D eigenvalue weighted by Gasteiger charge is -2.11. The van der Waals surface area contributed by atoms with Gasteiger partial charge in [0.25, 0.3) is 5.91 Å². The van der Waals surface area contributed by atoms with E-state index in [0.717, 1.165) is 11.4 Å². The summed E-state index contributed by atoms with van der Waals surface area (Å²) in [5.41, 5.74) is 0.445. The van der Waals surface area contributed by atoms with Crippen molar-refractivity contribution in [2.24, 2.45) is 0 Å². The first-order valence-corrected chi connectivity index (χ1v) is 6.93. The van der Waals surface area contributed by atoms with Gasteiger partial charge in [0.1, 0.15) is 10.8 Å². The van der Waals surface area contributed by atoms with Crippen LogP contribution in [0, 0.1) is 5.82 Å². The smallest absolute Gasteiger partial charge is 0.251 e. The summed E-state index contributed by atoms with van der Waals surface area (Å²) < 4.78 is 12.8. The second-order valence-corrected chi connectivity index (χ2v) is 5.37. The molecule has 3 nitrogen and oxygen atoms in total. The van der Waals surface area contributed by atoms with Crippen LogP contribution < -0.4 is 5.32 Å². The highest BCUT2D eigenvalue weighted by Crippen LogP contribution is 2.20. The third-order valence-corrected chi connectivity index (χ3v) is 4.07. The molecule has 0 radical (unpaired) electrons. The van der Waals surface area contributed by atoms with E-state index in [1.54, 1.807) is 11.3 Å². The number of carbonyl (C=O) groups is 1. The number of nitrogens with zero attached hydrogens (tertiary/aromatic N) is 1. The normalized spacial score (nSPS) is 12.2. The lowest BCUT2D eigenvalue weighted by molar-refractivity contribution is 0.0940. The highest BCUT2D eigenvalue weighted by molar-refractivity contribution is 7.11. The maximum Gasteiger partial charge on any atom is 0.251 e. The zero-order chi connectivity index (χ0) is 13.8. The minimum atomic E-state index is -0.350. The van der Waals surface area contributed by atoms with Crippen LogP contribution in [0.2, 0.25) is 0 Å². The van der Waals surface area contributed by atoms with Gasteiger partial charge in [-0.3, -0.25) is 4.79 Å². The Morgan fingerprint density at radius 2 is 2.11 bits per heavy atom. The first-order chi connectivity index (χ1) is 9.10. The molecule has 100 valence electrons. The van der Waals surface area contributed by atoms with E-state index in [2.05, 4.69) is 17.2 Å². The summed E-state index contributed by atoms with van der Waals surface area (Å²) in [5.74, 6) is -0.571. The van der Waals surface area contributed by atoms with Gasteiger partial charge in [0.15, 0.2) is 0 Å². The predicted octanol–water partition coefficient (Wildman–Crippen LogP) is 3.34.